The minimum atomic E-state index is -0.623. The largest absolute Gasteiger partial charge is 0.490 e. The van der Waals surface area contributed by atoms with E-state index in [0.717, 1.165) is 89.5 Å². The first-order valence-corrected chi connectivity index (χ1v) is 16.4. The number of para-hydroxylation sites is 1. The van der Waals surface area contributed by atoms with Gasteiger partial charge in [-0.25, -0.2) is 14.4 Å². The Balaban J connectivity index is 0.00000386. The predicted molar refractivity (Wildman–Crippen MR) is 177 cm³/mol. The highest BCUT2D eigenvalue weighted by atomic mass is 35.5. The first kappa shape index (κ1) is 33.3. The number of amides is 1. The summed E-state index contributed by atoms with van der Waals surface area (Å²) in [4.78, 5) is 30.6. The summed E-state index contributed by atoms with van der Waals surface area (Å²) in [5, 5.41) is 6.22. The second-order valence-electron chi connectivity index (χ2n) is 13.3. The summed E-state index contributed by atoms with van der Waals surface area (Å²) in [6.45, 7) is 10.8. The van der Waals surface area contributed by atoms with Crippen LogP contribution in [0.1, 0.15) is 54.7 Å². The van der Waals surface area contributed by atoms with Crippen LogP contribution in [0.2, 0.25) is 0 Å². The molecule has 3 fully saturated rings. The molecule has 2 N–H and O–H groups in total. The van der Waals surface area contributed by atoms with Crippen LogP contribution in [-0.2, 0) is 17.7 Å². The third-order valence-corrected chi connectivity index (χ3v) is 9.39. The number of aromatic nitrogens is 3. The molecule has 1 aromatic carbocycles. The predicted octanol–water partition coefficient (Wildman–Crippen LogP) is 4.15. The molecule has 13 heteroatoms. The van der Waals surface area contributed by atoms with Crippen molar-refractivity contribution >= 4 is 24.1 Å². The molecule has 3 aromatic rings. The fourth-order valence-corrected chi connectivity index (χ4v) is 7.10. The molecule has 1 spiro atoms. The quantitative estimate of drug-likeness (QED) is 0.327. The molecule has 4 aliphatic rings. The topological polar surface area (TPSA) is 114 Å². The average molecular weight is 668 g/mol. The van der Waals surface area contributed by atoms with Crippen molar-refractivity contribution in [2.75, 3.05) is 50.8 Å². The van der Waals surface area contributed by atoms with Crippen molar-refractivity contribution in [2.45, 2.75) is 64.3 Å². The normalized spacial score (nSPS) is 20.5. The number of carbonyl (C=O) groups excluding carboxylic acids is 1. The molecule has 0 radical (unpaired) electrons. The Bertz CT molecular complexity index is 1560. The number of carbonyl (C=O) groups is 1. The molecule has 2 aromatic heterocycles. The Labute approximate surface area is 281 Å². The van der Waals surface area contributed by atoms with Gasteiger partial charge in [0.15, 0.2) is 23.1 Å². The van der Waals surface area contributed by atoms with Gasteiger partial charge < -0.3 is 29.7 Å². The van der Waals surface area contributed by atoms with Crippen molar-refractivity contribution in [3.8, 4) is 17.2 Å². The Kier molecular flexibility index (Phi) is 10.1. The number of nitrogens with zero attached hydrogens (tertiary/aromatic N) is 5. The summed E-state index contributed by atoms with van der Waals surface area (Å²) in [6.07, 6.45) is 9.13. The van der Waals surface area contributed by atoms with Gasteiger partial charge >= 0.3 is 0 Å². The van der Waals surface area contributed by atoms with Gasteiger partial charge in [-0.2, -0.15) is 0 Å². The van der Waals surface area contributed by atoms with Crippen molar-refractivity contribution in [3.63, 3.8) is 0 Å². The molecule has 47 heavy (non-hydrogen) atoms. The molecule has 1 aliphatic carbocycles. The Morgan fingerprint density at radius 1 is 1.21 bits per heavy atom. The molecule has 1 amide bonds. The SMILES string of the molecule is CC(C)NC(=O)c1cccc(F)c1Oc1cncnc1N1CC2(CC(Oc3ccnc4c3CN(CCC3CNCCO3)CC4)C2)C1.Cl. The first-order chi connectivity index (χ1) is 22.4. The van der Waals surface area contributed by atoms with E-state index in [9.17, 15) is 9.18 Å². The summed E-state index contributed by atoms with van der Waals surface area (Å²) in [7, 11) is 0. The van der Waals surface area contributed by atoms with Crippen molar-refractivity contribution in [1.29, 1.82) is 0 Å². The molecule has 3 aliphatic heterocycles. The van der Waals surface area contributed by atoms with Crippen molar-refractivity contribution in [2.24, 2.45) is 5.41 Å². The highest BCUT2D eigenvalue weighted by Gasteiger charge is 2.54. The number of hydrogen-bond acceptors (Lipinski definition) is 10. The molecular formula is C34H43ClFN7O4. The summed E-state index contributed by atoms with van der Waals surface area (Å²) < 4.78 is 33.4. The third-order valence-electron chi connectivity index (χ3n) is 9.39. The van der Waals surface area contributed by atoms with E-state index in [4.69, 9.17) is 14.2 Å². The van der Waals surface area contributed by atoms with E-state index >= 15 is 0 Å². The number of fused-ring (bicyclic) bond motifs is 1. The molecule has 5 heterocycles. The minimum absolute atomic E-state index is 0. The number of rotatable bonds is 10. The highest BCUT2D eigenvalue weighted by Crippen LogP contribution is 2.52. The van der Waals surface area contributed by atoms with Crippen LogP contribution in [0.25, 0.3) is 0 Å². The second kappa shape index (κ2) is 14.3. The summed E-state index contributed by atoms with van der Waals surface area (Å²) in [5.41, 5.74) is 2.62. The lowest BCUT2D eigenvalue weighted by atomic mass is 9.61. The van der Waals surface area contributed by atoms with E-state index in [1.807, 2.05) is 26.1 Å². The van der Waals surface area contributed by atoms with E-state index in [1.54, 1.807) is 6.07 Å². The smallest absolute Gasteiger partial charge is 0.255 e. The summed E-state index contributed by atoms with van der Waals surface area (Å²) in [6, 6.07) is 6.23. The Hall–Kier alpha value is -3.58. The van der Waals surface area contributed by atoms with Crippen molar-refractivity contribution in [1.82, 2.24) is 30.5 Å². The van der Waals surface area contributed by atoms with Gasteiger partial charge in [0.1, 0.15) is 18.2 Å². The van der Waals surface area contributed by atoms with Gasteiger partial charge in [0.05, 0.1) is 24.5 Å². The van der Waals surface area contributed by atoms with Crippen LogP contribution in [0.3, 0.4) is 0 Å². The zero-order chi connectivity index (χ0) is 31.7. The molecule has 252 valence electrons. The van der Waals surface area contributed by atoms with Crippen LogP contribution >= 0.6 is 12.4 Å². The fourth-order valence-electron chi connectivity index (χ4n) is 7.10. The van der Waals surface area contributed by atoms with Crippen LogP contribution in [-0.4, -0.2) is 89.9 Å². The first-order valence-electron chi connectivity index (χ1n) is 16.4. The molecule has 2 saturated heterocycles. The zero-order valence-electron chi connectivity index (χ0n) is 26.9. The van der Waals surface area contributed by atoms with Crippen LogP contribution < -0.4 is 25.0 Å². The number of ether oxygens (including phenoxy) is 3. The molecular weight excluding hydrogens is 625 g/mol. The third kappa shape index (κ3) is 7.30. The van der Waals surface area contributed by atoms with Crippen molar-refractivity contribution < 1.29 is 23.4 Å². The zero-order valence-corrected chi connectivity index (χ0v) is 27.7. The maximum absolute atomic E-state index is 14.9. The average Bonchev–Trinajstić information content (AvgIpc) is 3.02. The van der Waals surface area contributed by atoms with Gasteiger partial charge in [-0.15, -0.1) is 12.4 Å². The molecule has 11 nitrogen and oxygen atoms in total. The van der Waals surface area contributed by atoms with Crippen LogP contribution in [0.4, 0.5) is 10.2 Å². The maximum Gasteiger partial charge on any atom is 0.255 e. The minimum Gasteiger partial charge on any atom is -0.490 e. The van der Waals surface area contributed by atoms with E-state index in [0.29, 0.717) is 11.6 Å². The number of anilines is 1. The lowest BCUT2D eigenvalue weighted by Crippen LogP contribution is -2.65. The van der Waals surface area contributed by atoms with Crippen molar-refractivity contribution in [3.05, 3.63) is 65.6 Å². The van der Waals surface area contributed by atoms with Crippen LogP contribution in [0.15, 0.2) is 43.0 Å². The standard InChI is InChI=1S/C34H42FN7O4.ClH/c1-22(2)40-33(43)25-4-3-5-27(35)31(25)46-30-17-37-21-39-32(30)42-19-34(20-42)14-24(15-34)45-29-6-9-38-28-8-12-41(18-26(28)29)11-7-23-16-36-10-13-44-23;/h3-6,9,17,21-24,36H,7-8,10-16,18-20H2,1-2H3,(H,40,43);1H. The highest BCUT2D eigenvalue weighted by molar-refractivity contribution is 5.97. The van der Waals surface area contributed by atoms with Gasteiger partial charge in [0.2, 0.25) is 0 Å². The molecule has 7 rings (SSSR count). The monoisotopic (exact) mass is 667 g/mol. The van der Waals surface area contributed by atoms with Gasteiger partial charge in [-0.1, -0.05) is 6.07 Å². The van der Waals surface area contributed by atoms with Gasteiger partial charge in [-0.05, 0) is 51.3 Å². The molecule has 1 atom stereocenters. The number of halogens is 2. The summed E-state index contributed by atoms with van der Waals surface area (Å²) >= 11 is 0. The van der Waals surface area contributed by atoms with E-state index in [2.05, 4.69) is 35.4 Å². The number of morpholine rings is 1. The Morgan fingerprint density at radius 3 is 2.85 bits per heavy atom. The lowest BCUT2D eigenvalue weighted by Gasteiger charge is -2.59. The fraction of sp³-hybridized carbons (Fsp3) is 0.529. The van der Waals surface area contributed by atoms with Gasteiger partial charge in [0.25, 0.3) is 5.91 Å². The van der Waals surface area contributed by atoms with Gasteiger partial charge in [-0.3, -0.25) is 14.7 Å². The summed E-state index contributed by atoms with van der Waals surface area (Å²) in [5.74, 6) is 0.689. The molecule has 1 saturated carbocycles. The van der Waals surface area contributed by atoms with E-state index in [1.165, 1.54) is 30.2 Å². The van der Waals surface area contributed by atoms with Crippen LogP contribution in [0, 0.1) is 11.2 Å². The maximum atomic E-state index is 14.9. The van der Waals surface area contributed by atoms with Gasteiger partial charge in [0, 0.05) is 81.1 Å². The molecule has 1 unspecified atom stereocenters. The number of benzene rings is 1. The number of pyridine rings is 1. The van der Waals surface area contributed by atoms with E-state index < -0.39 is 11.7 Å². The van der Waals surface area contributed by atoms with Crippen LogP contribution in [0.5, 0.6) is 17.2 Å². The lowest BCUT2D eigenvalue weighted by molar-refractivity contribution is -0.0353. The van der Waals surface area contributed by atoms with E-state index in [-0.39, 0.29) is 47.4 Å². The molecule has 0 bridgehead atoms. The second-order valence-corrected chi connectivity index (χ2v) is 13.3. The Morgan fingerprint density at radius 2 is 2.06 bits per heavy atom. The number of hydrogen-bond donors (Lipinski definition) is 2. The number of nitrogens with one attached hydrogen (secondary N) is 2.